The monoisotopic (exact) mass is 335 g/mol. The molecule has 1 aliphatic heterocycles. The summed E-state index contributed by atoms with van der Waals surface area (Å²) >= 11 is 0. The van der Waals surface area contributed by atoms with Crippen molar-refractivity contribution in [1.29, 1.82) is 0 Å². The largest absolute Gasteiger partial charge is 0.297 e. The number of pyridine rings is 1. The summed E-state index contributed by atoms with van der Waals surface area (Å²) in [6.45, 7) is 5.07. The van der Waals surface area contributed by atoms with Crippen LogP contribution in [-0.4, -0.2) is 52.3 Å². The van der Waals surface area contributed by atoms with Crippen LogP contribution in [0.25, 0.3) is 0 Å². The van der Waals surface area contributed by atoms with E-state index < -0.39 is 0 Å². The number of ketones is 1. The van der Waals surface area contributed by atoms with E-state index in [0.29, 0.717) is 12.2 Å². The Bertz CT molecular complexity index is 704. The van der Waals surface area contributed by atoms with Gasteiger partial charge in [-0.05, 0) is 30.0 Å². The fourth-order valence-electron chi connectivity index (χ4n) is 3.92. The molecule has 2 heterocycles. The summed E-state index contributed by atoms with van der Waals surface area (Å²) in [5.74, 6) is 0.372. The summed E-state index contributed by atoms with van der Waals surface area (Å²) in [4.78, 5) is 21.9. The van der Waals surface area contributed by atoms with Gasteiger partial charge in [-0.3, -0.25) is 19.6 Å². The Morgan fingerprint density at radius 2 is 1.68 bits per heavy atom. The Balaban J connectivity index is 1.33. The normalized spacial score (nSPS) is 20.3. The number of carbonyl (C=O) groups excluding carboxylic acids is 1. The number of nitrogens with zero attached hydrogens (tertiary/aromatic N) is 3. The van der Waals surface area contributed by atoms with Crippen LogP contribution in [0.15, 0.2) is 54.9 Å². The van der Waals surface area contributed by atoms with Crippen molar-refractivity contribution in [3.8, 4) is 0 Å². The van der Waals surface area contributed by atoms with Crippen LogP contribution in [0, 0.1) is 0 Å². The van der Waals surface area contributed by atoms with Crippen LogP contribution in [-0.2, 0) is 17.8 Å². The molecule has 2 fully saturated rings. The molecule has 0 spiro atoms. The number of Topliss-reactive ketones (excluding diaryl/α,β-unsaturated/α-hetero) is 1. The molecule has 130 valence electrons. The van der Waals surface area contributed by atoms with E-state index in [1.165, 1.54) is 5.56 Å². The van der Waals surface area contributed by atoms with Crippen LogP contribution < -0.4 is 0 Å². The standard InChI is InChI=1S/C21H25N3O/c25-20(15-19-7-4-10-22-16-19)21(8-9-21)24-13-11-23(12-14-24)17-18-5-2-1-3-6-18/h1-7,10,16H,8-9,11-15,17H2. The lowest BCUT2D eigenvalue weighted by Crippen LogP contribution is -2.54. The molecule has 1 aromatic carbocycles. The average molecular weight is 335 g/mol. The molecule has 4 nitrogen and oxygen atoms in total. The number of hydrogen-bond acceptors (Lipinski definition) is 4. The molecule has 0 radical (unpaired) electrons. The van der Waals surface area contributed by atoms with Crippen molar-refractivity contribution in [1.82, 2.24) is 14.8 Å². The lowest BCUT2D eigenvalue weighted by Gasteiger charge is -2.39. The van der Waals surface area contributed by atoms with Crippen LogP contribution in [0.2, 0.25) is 0 Å². The van der Waals surface area contributed by atoms with E-state index in [0.717, 1.165) is 51.1 Å². The predicted octanol–water partition coefficient (Wildman–Crippen LogP) is 2.54. The van der Waals surface area contributed by atoms with E-state index in [1.54, 1.807) is 6.20 Å². The van der Waals surface area contributed by atoms with Gasteiger partial charge in [-0.25, -0.2) is 0 Å². The Kier molecular flexibility index (Phi) is 4.64. The third-order valence-electron chi connectivity index (χ3n) is 5.56. The van der Waals surface area contributed by atoms with Gasteiger partial charge >= 0.3 is 0 Å². The maximum absolute atomic E-state index is 12.9. The fourth-order valence-corrected chi connectivity index (χ4v) is 3.92. The van der Waals surface area contributed by atoms with Crippen LogP contribution >= 0.6 is 0 Å². The van der Waals surface area contributed by atoms with Crippen molar-refractivity contribution in [2.75, 3.05) is 26.2 Å². The molecular formula is C21H25N3O. The third-order valence-corrected chi connectivity index (χ3v) is 5.56. The van der Waals surface area contributed by atoms with Crippen molar-refractivity contribution < 1.29 is 4.79 Å². The SMILES string of the molecule is O=C(Cc1cccnc1)C1(N2CCN(Cc3ccccc3)CC2)CC1. The topological polar surface area (TPSA) is 36.4 Å². The lowest BCUT2D eigenvalue weighted by molar-refractivity contribution is -0.126. The third kappa shape index (κ3) is 3.65. The van der Waals surface area contributed by atoms with Gasteiger partial charge in [0.25, 0.3) is 0 Å². The Morgan fingerprint density at radius 1 is 0.960 bits per heavy atom. The maximum atomic E-state index is 12.9. The van der Waals surface area contributed by atoms with Gasteiger partial charge < -0.3 is 0 Å². The number of carbonyl (C=O) groups is 1. The minimum Gasteiger partial charge on any atom is -0.297 e. The minimum absolute atomic E-state index is 0.186. The Labute approximate surface area is 149 Å². The van der Waals surface area contributed by atoms with Gasteiger partial charge in [-0.1, -0.05) is 36.4 Å². The number of rotatable bonds is 6. The second-order valence-corrected chi connectivity index (χ2v) is 7.24. The van der Waals surface area contributed by atoms with Gasteiger partial charge in [-0.15, -0.1) is 0 Å². The number of hydrogen-bond donors (Lipinski definition) is 0. The molecule has 0 bridgehead atoms. The van der Waals surface area contributed by atoms with Crippen molar-refractivity contribution in [3.05, 3.63) is 66.0 Å². The molecule has 1 aliphatic carbocycles. The van der Waals surface area contributed by atoms with Crippen LogP contribution in [0.3, 0.4) is 0 Å². The second-order valence-electron chi connectivity index (χ2n) is 7.24. The van der Waals surface area contributed by atoms with Gasteiger partial charge in [0.1, 0.15) is 0 Å². The summed E-state index contributed by atoms with van der Waals surface area (Å²) in [6, 6.07) is 14.5. The van der Waals surface area contributed by atoms with E-state index in [9.17, 15) is 4.79 Å². The van der Waals surface area contributed by atoms with E-state index in [4.69, 9.17) is 0 Å². The highest BCUT2D eigenvalue weighted by Crippen LogP contribution is 2.43. The molecule has 1 saturated heterocycles. The summed E-state index contributed by atoms with van der Waals surface area (Å²) in [5.41, 5.74) is 2.21. The first kappa shape index (κ1) is 16.4. The van der Waals surface area contributed by atoms with Crippen molar-refractivity contribution in [2.45, 2.75) is 31.3 Å². The molecule has 25 heavy (non-hydrogen) atoms. The minimum atomic E-state index is -0.186. The van der Waals surface area contributed by atoms with Crippen LogP contribution in [0.1, 0.15) is 24.0 Å². The molecular weight excluding hydrogens is 310 g/mol. The van der Waals surface area contributed by atoms with Gasteiger partial charge in [0.05, 0.1) is 5.54 Å². The molecule has 0 unspecified atom stereocenters. The van der Waals surface area contributed by atoms with Gasteiger partial charge in [0, 0.05) is 51.5 Å². The van der Waals surface area contributed by atoms with Crippen LogP contribution in [0.4, 0.5) is 0 Å². The summed E-state index contributed by atoms with van der Waals surface area (Å²) < 4.78 is 0. The zero-order chi connectivity index (χ0) is 17.1. The second kappa shape index (κ2) is 7.06. The van der Waals surface area contributed by atoms with Crippen molar-refractivity contribution in [2.24, 2.45) is 0 Å². The maximum Gasteiger partial charge on any atom is 0.157 e. The molecule has 4 heteroatoms. The zero-order valence-electron chi connectivity index (χ0n) is 14.6. The summed E-state index contributed by atoms with van der Waals surface area (Å²) in [5, 5.41) is 0. The number of aromatic nitrogens is 1. The molecule has 1 saturated carbocycles. The predicted molar refractivity (Wildman–Crippen MR) is 98.2 cm³/mol. The van der Waals surface area contributed by atoms with Gasteiger partial charge in [0.2, 0.25) is 0 Å². The van der Waals surface area contributed by atoms with Crippen molar-refractivity contribution >= 4 is 5.78 Å². The molecule has 0 atom stereocenters. The van der Waals surface area contributed by atoms with Crippen molar-refractivity contribution in [3.63, 3.8) is 0 Å². The van der Waals surface area contributed by atoms with E-state index in [2.05, 4.69) is 45.1 Å². The quantitative estimate of drug-likeness (QED) is 0.813. The fraction of sp³-hybridized carbons (Fsp3) is 0.429. The van der Waals surface area contributed by atoms with E-state index in [-0.39, 0.29) is 5.54 Å². The number of piperazine rings is 1. The lowest BCUT2D eigenvalue weighted by atomic mass is 10.0. The molecule has 1 aromatic heterocycles. The van der Waals surface area contributed by atoms with Gasteiger partial charge in [0.15, 0.2) is 5.78 Å². The zero-order valence-corrected chi connectivity index (χ0v) is 14.6. The average Bonchev–Trinajstić information content (AvgIpc) is 3.46. The Morgan fingerprint density at radius 3 is 2.32 bits per heavy atom. The molecule has 2 aromatic rings. The number of benzene rings is 1. The first-order valence-electron chi connectivity index (χ1n) is 9.20. The van der Waals surface area contributed by atoms with E-state index >= 15 is 0 Å². The smallest absolute Gasteiger partial charge is 0.157 e. The summed E-state index contributed by atoms with van der Waals surface area (Å²) in [7, 11) is 0. The van der Waals surface area contributed by atoms with Gasteiger partial charge in [-0.2, -0.15) is 0 Å². The Hall–Kier alpha value is -2.04. The molecule has 2 aliphatic rings. The van der Waals surface area contributed by atoms with Crippen LogP contribution in [0.5, 0.6) is 0 Å². The highest BCUT2D eigenvalue weighted by atomic mass is 16.1. The first-order chi connectivity index (χ1) is 12.3. The molecule has 0 amide bonds. The van der Waals surface area contributed by atoms with E-state index in [1.807, 2.05) is 18.3 Å². The molecule has 4 rings (SSSR count). The highest BCUT2D eigenvalue weighted by Gasteiger charge is 2.53. The summed E-state index contributed by atoms with van der Waals surface area (Å²) in [6.07, 6.45) is 6.12. The molecule has 0 N–H and O–H groups in total. The first-order valence-corrected chi connectivity index (χ1v) is 9.20. The highest BCUT2D eigenvalue weighted by molar-refractivity contribution is 5.92.